The summed E-state index contributed by atoms with van der Waals surface area (Å²) in [4.78, 5) is 12.3. The molecule has 1 saturated carbocycles. The fourth-order valence-electron chi connectivity index (χ4n) is 3.28. The average molecular weight is 397 g/mol. The number of rotatable bonds is 9. The predicted octanol–water partition coefficient (Wildman–Crippen LogP) is 2.30. The van der Waals surface area contributed by atoms with Gasteiger partial charge < -0.3 is 14.8 Å². The van der Waals surface area contributed by atoms with Crippen molar-refractivity contribution < 1.29 is 18.5 Å². The number of nitrogens with one attached hydrogen (secondary N) is 2. The van der Waals surface area contributed by atoms with Crippen LogP contribution in [0.25, 0.3) is 0 Å². The highest BCUT2D eigenvalue weighted by atomic mass is 32.2. The molecule has 1 aliphatic carbocycles. The highest BCUT2D eigenvalue weighted by Crippen LogP contribution is 2.32. The van der Waals surface area contributed by atoms with Gasteiger partial charge in [0.1, 0.15) is 5.54 Å². The molecule has 2 N–H and O–H groups in total. The quantitative estimate of drug-likeness (QED) is 0.628. The van der Waals surface area contributed by atoms with Crippen LogP contribution in [0.2, 0.25) is 0 Å². The maximum Gasteiger partial charge on any atom is 0.240 e. The second-order valence-electron chi connectivity index (χ2n) is 7.75. The third-order valence-electron chi connectivity index (χ3n) is 4.56. The first kappa shape index (κ1) is 21.6. The molecule has 27 heavy (non-hydrogen) atoms. The van der Waals surface area contributed by atoms with Crippen LogP contribution in [0.3, 0.4) is 0 Å². The highest BCUT2D eigenvalue weighted by molar-refractivity contribution is 7.97. The Morgan fingerprint density at radius 2 is 1.96 bits per heavy atom. The summed E-state index contributed by atoms with van der Waals surface area (Å²) in [7, 11) is -0.833. The Hall–Kier alpha value is -1.73. The van der Waals surface area contributed by atoms with Crippen molar-refractivity contribution in [2.75, 3.05) is 19.9 Å². The van der Waals surface area contributed by atoms with Gasteiger partial charge in [0.25, 0.3) is 0 Å². The minimum Gasteiger partial charge on any atom is -0.493 e. The van der Waals surface area contributed by atoms with Crippen molar-refractivity contribution >= 4 is 21.5 Å². The highest BCUT2D eigenvalue weighted by Gasteiger charge is 2.28. The van der Waals surface area contributed by atoms with Crippen molar-refractivity contribution in [1.29, 1.82) is 0 Å². The molecule has 1 fully saturated rings. The predicted molar refractivity (Wildman–Crippen MR) is 111 cm³/mol. The van der Waals surface area contributed by atoms with Crippen molar-refractivity contribution in [1.82, 2.24) is 10.0 Å². The molecule has 1 atom stereocenters. The van der Waals surface area contributed by atoms with Gasteiger partial charge >= 0.3 is 0 Å². The van der Waals surface area contributed by atoms with Crippen LogP contribution in [0, 0.1) is 0 Å². The molecule has 0 aliphatic heterocycles. The summed E-state index contributed by atoms with van der Waals surface area (Å²) in [6, 6.07) is 5.89. The number of methoxy groups -OCH3 is 1. The van der Waals surface area contributed by atoms with Crippen LogP contribution in [-0.4, -0.2) is 47.5 Å². The second kappa shape index (κ2) is 8.97. The van der Waals surface area contributed by atoms with E-state index >= 15 is 0 Å². The van der Waals surface area contributed by atoms with E-state index in [1.807, 2.05) is 18.2 Å². The number of amides is 1. The first-order chi connectivity index (χ1) is 12.6. The third kappa shape index (κ3) is 6.74. The van der Waals surface area contributed by atoms with E-state index in [1.54, 1.807) is 21.0 Å². The van der Waals surface area contributed by atoms with E-state index in [0.717, 1.165) is 29.9 Å². The molecule has 7 heteroatoms. The van der Waals surface area contributed by atoms with Crippen LogP contribution in [-0.2, 0) is 20.9 Å². The SMILES string of the molecule is C=S(C)(=O)NC(C)(C)C(=O)NCCc1ccc(OC2CCCC2)c(OC)c1. The molecule has 1 aromatic rings. The van der Waals surface area contributed by atoms with E-state index in [4.69, 9.17) is 9.47 Å². The maximum atomic E-state index is 12.3. The van der Waals surface area contributed by atoms with E-state index in [0.29, 0.717) is 13.0 Å². The molecular weight excluding hydrogens is 364 g/mol. The van der Waals surface area contributed by atoms with Crippen molar-refractivity contribution in [2.24, 2.45) is 0 Å². The molecule has 0 aromatic heterocycles. The zero-order valence-corrected chi connectivity index (χ0v) is 17.6. The first-order valence-corrected chi connectivity index (χ1v) is 11.5. The van der Waals surface area contributed by atoms with Gasteiger partial charge in [-0.2, -0.15) is 0 Å². The lowest BCUT2D eigenvalue weighted by molar-refractivity contribution is -0.125. The molecule has 0 spiro atoms. The summed E-state index contributed by atoms with van der Waals surface area (Å²) in [5.41, 5.74) is 0.0951. The number of benzene rings is 1. The lowest BCUT2D eigenvalue weighted by Crippen LogP contribution is -2.54. The minimum atomic E-state index is -2.47. The van der Waals surface area contributed by atoms with Gasteiger partial charge in [-0.1, -0.05) is 6.07 Å². The summed E-state index contributed by atoms with van der Waals surface area (Å²) in [6.07, 6.45) is 7.04. The van der Waals surface area contributed by atoms with Gasteiger partial charge in [-0.15, -0.1) is 0 Å². The summed E-state index contributed by atoms with van der Waals surface area (Å²) < 4.78 is 26.1. The van der Waals surface area contributed by atoms with Gasteiger partial charge in [0.15, 0.2) is 11.5 Å². The average Bonchev–Trinajstić information content (AvgIpc) is 3.06. The van der Waals surface area contributed by atoms with E-state index in [2.05, 4.69) is 15.9 Å². The zero-order chi connectivity index (χ0) is 20.1. The molecule has 0 heterocycles. The van der Waals surface area contributed by atoms with Crippen LogP contribution in [0.1, 0.15) is 45.1 Å². The zero-order valence-electron chi connectivity index (χ0n) is 16.8. The molecule has 0 bridgehead atoms. The summed E-state index contributed by atoms with van der Waals surface area (Å²) >= 11 is 0. The van der Waals surface area contributed by atoms with Crippen LogP contribution in [0.15, 0.2) is 18.2 Å². The third-order valence-corrected chi connectivity index (χ3v) is 5.50. The molecule has 2 rings (SSSR count). The second-order valence-corrected chi connectivity index (χ2v) is 9.96. The van der Waals surface area contributed by atoms with Crippen molar-refractivity contribution in [3.05, 3.63) is 23.8 Å². The number of hydrogen-bond acceptors (Lipinski definition) is 4. The molecule has 0 saturated heterocycles. The van der Waals surface area contributed by atoms with E-state index in [-0.39, 0.29) is 12.0 Å². The van der Waals surface area contributed by atoms with Crippen molar-refractivity contribution in [3.63, 3.8) is 0 Å². The minimum absolute atomic E-state index is 0.214. The van der Waals surface area contributed by atoms with Crippen LogP contribution < -0.4 is 19.5 Å². The van der Waals surface area contributed by atoms with Crippen LogP contribution in [0.4, 0.5) is 0 Å². The fraction of sp³-hybridized carbons (Fsp3) is 0.600. The summed E-state index contributed by atoms with van der Waals surface area (Å²) in [5, 5.41) is 2.88. The van der Waals surface area contributed by atoms with Gasteiger partial charge in [-0.25, -0.2) is 4.72 Å². The van der Waals surface area contributed by atoms with Crippen molar-refractivity contribution in [3.8, 4) is 11.5 Å². The molecule has 152 valence electrons. The number of hydrogen-bond donors (Lipinski definition) is 2. The number of ether oxygens (including phenoxy) is 2. The Balaban J connectivity index is 1.90. The molecule has 1 amide bonds. The van der Waals surface area contributed by atoms with Crippen LogP contribution >= 0.6 is 0 Å². The van der Waals surface area contributed by atoms with Gasteiger partial charge in [0, 0.05) is 22.5 Å². The number of carbonyl (C=O) groups excluding carboxylic acids is 1. The normalized spacial score (nSPS) is 17.3. The maximum absolute atomic E-state index is 12.3. The van der Waals surface area contributed by atoms with Gasteiger partial charge in [-0.3, -0.25) is 9.00 Å². The lowest BCUT2D eigenvalue weighted by Gasteiger charge is -2.25. The molecule has 1 aliphatic rings. The molecule has 1 aromatic carbocycles. The molecular formula is C20H32N2O4S. The van der Waals surface area contributed by atoms with Gasteiger partial charge in [0.2, 0.25) is 5.91 Å². The Bertz CT molecular complexity index is 753. The van der Waals surface area contributed by atoms with E-state index in [9.17, 15) is 9.00 Å². The topological polar surface area (TPSA) is 76.7 Å². The van der Waals surface area contributed by atoms with E-state index in [1.165, 1.54) is 19.1 Å². The Morgan fingerprint density at radius 1 is 1.30 bits per heavy atom. The molecule has 6 nitrogen and oxygen atoms in total. The summed E-state index contributed by atoms with van der Waals surface area (Å²) in [6.45, 7) is 3.85. The standard InChI is InChI=1S/C20H32N2O4S/c1-20(2,22-27(4,5)24)19(23)21-13-12-15-10-11-17(18(14-15)25-3)26-16-8-6-7-9-16/h10-11,14,16H,4,6-9,12-13H2,1-3,5H3,(H,21,23)(H,22,24). The van der Waals surface area contributed by atoms with Gasteiger partial charge in [-0.05, 0) is 69.5 Å². The number of carbonyl (C=O) groups is 1. The van der Waals surface area contributed by atoms with Crippen molar-refractivity contribution in [2.45, 2.75) is 57.6 Å². The summed E-state index contributed by atoms with van der Waals surface area (Å²) in [5.74, 6) is 4.82. The van der Waals surface area contributed by atoms with Gasteiger partial charge in [0.05, 0.1) is 13.2 Å². The lowest BCUT2D eigenvalue weighted by atomic mass is 10.1. The molecule has 1 unspecified atom stereocenters. The fourth-order valence-corrected chi connectivity index (χ4v) is 4.45. The Kier molecular flexibility index (Phi) is 7.17. The first-order valence-electron chi connectivity index (χ1n) is 9.34. The van der Waals surface area contributed by atoms with E-state index < -0.39 is 15.2 Å². The smallest absolute Gasteiger partial charge is 0.240 e. The Labute approximate surface area is 163 Å². The largest absolute Gasteiger partial charge is 0.493 e. The monoisotopic (exact) mass is 396 g/mol. The molecule has 0 radical (unpaired) electrons. The van der Waals surface area contributed by atoms with Crippen LogP contribution in [0.5, 0.6) is 11.5 Å². The Morgan fingerprint density at radius 3 is 2.56 bits per heavy atom.